The Balaban J connectivity index is 2.49. The van der Waals surface area contributed by atoms with Gasteiger partial charge in [-0.25, -0.2) is 0 Å². The summed E-state index contributed by atoms with van der Waals surface area (Å²) in [4.78, 5) is 0. The summed E-state index contributed by atoms with van der Waals surface area (Å²) in [5.74, 6) is 0. The summed E-state index contributed by atoms with van der Waals surface area (Å²) in [6.45, 7) is 10.6. The highest BCUT2D eigenvalue weighted by atomic mass is 16.5. The fourth-order valence-corrected chi connectivity index (χ4v) is 2.17. The lowest BCUT2D eigenvalue weighted by molar-refractivity contribution is -0.0503. The summed E-state index contributed by atoms with van der Waals surface area (Å²) in [6, 6.07) is 4.49. The van der Waals surface area contributed by atoms with Crippen molar-refractivity contribution in [1.29, 1.82) is 0 Å². The third kappa shape index (κ3) is 1.27. The monoisotopic (exact) mass is 190 g/mol. The van der Waals surface area contributed by atoms with Gasteiger partial charge >= 0.3 is 0 Å². The van der Waals surface area contributed by atoms with Crippen LogP contribution in [-0.4, -0.2) is 13.2 Å². The van der Waals surface area contributed by atoms with Crippen LogP contribution in [0.3, 0.4) is 0 Å². The van der Waals surface area contributed by atoms with Gasteiger partial charge in [-0.05, 0) is 43.0 Å². The number of hydrogen-bond acceptors (Lipinski definition) is 1. The summed E-state index contributed by atoms with van der Waals surface area (Å²) < 4.78 is 5.32. The second-order valence-electron chi connectivity index (χ2n) is 4.73. The van der Waals surface area contributed by atoms with Gasteiger partial charge in [-0.1, -0.05) is 19.1 Å². The smallest absolute Gasteiger partial charge is 0.0583 e. The molecule has 1 heteroatoms. The zero-order valence-corrected chi connectivity index (χ0v) is 9.48. The first-order valence-electron chi connectivity index (χ1n) is 5.20. The predicted molar refractivity (Wildman–Crippen MR) is 58.8 cm³/mol. The molecule has 1 aromatic rings. The first-order chi connectivity index (χ1) is 6.54. The normalized spacial score (nSPS) is 19.1. The zero-order chi connectivity index (χ0) is 10.3. The standard InChI is InChI=1S/C13H18O/c1-9-5-6-12(11(3)10(9)2)13(4)7-14-8-13/h5-6H,7-8H2,1-4H3. The van der Waals surface area contributed by atoms with Crippen LogP contribution in [0.25, 0.3) is 0 Å². The third-order valence-electron chi connectivity index (χ3n) is 3.55. The Morgan fingerprint density at radius 3 is 2.21 bits per heavy atom. The number of benzene rings is 1. The molecule has 0 spiro atoms. The summed E-state index contributed by atoms with van der Waals surface area (Å²) >= 11 is 0. The maximum absolute atomic E-state index is 5.32. The van der Waals surface area contributed by atoms with Crippen LogP contribution in [0.15, 0.2) is 12.1 Å². The van der Waals surface area contributed by atoms with E-state index in [2.05, 4.69) is 39.8 Å². The van der Waals surface area contributed by atoms with Crippen molar-refractivity contribution in [2.75, 3.05) is 13.2 Å². The van der Waals surface area contributed by atoms with Crippen molar-refractivity contribution in [3.8, 4) is 0 Å². The molecule has 1 fully saturated rings. The van der Waals surface area contributed by atoms with E-state index in [1.54, 1.807) is 0 Å². The molecule has 1 saturated heterocycles. The van der Waals surface area contributed by atoms with Crippen LogP contribution < -0.4 is 0 Å². The van der Waals surface area contributed by atoms with E-state index in [-0.39, 0.29) is 5.41 Å². The van der Waals surface area contributed by atoms with Crippen molar-refractivity contribution >= 4 is 0 Å². The lowest BCUT2D eigenvalue weighted by Crippen LogP contribution is -2.44. The highest BCUT2D eigenvalue weighted by Crippen LogP contribution is 2.35. The minimum absolute atomic E-state index is 0.266. The van der Waals surface area contributed by atoms with Crippen LogP contribution in [0.2, 0.25) is 0 Å². The maximum Gasteiger partial charge on any atom is 0.0583 e. The largest absolute Gasteiger partial charge is 0.379 e. The van der Waals surface area contributed by atoms with Gasteiger partial charge < -0.3 is 4.74 Å². The van der Waals surface area contributed by atoms with Gasteiger partial charge in [0.25, 0.3) is 0 Å². The van der Waals surface area contributed by atoms with Gasteiger partial charge in [-0.2, -0.15) is 0 Å². The zero-order valence-electron chi connectivity index (χ0n) is 9.48. The fraction of sp³-hybridized carbons (Fsp3) is 0.538. The van der Waals surface area contributed by atoms with E-state index in [9.17, 15) is 0 Å². The lowest BCUT2D eigenvalue weighted by atomic mass is 9.77. The molecule has 0 N–H and O–H groups in total. The number of ether oxygens (including phenoxy) is 1. The molecule has 2 rings (SSSR count). The van der Waals surface area contributed by atoms with Gasteiger partial charge in [0.1, 0.15) is 0 Å². The van der Waals surface area contributed by atoms with Gasteiger partial charge in [0.2, 0.25) is 0 Å². The van der Waals surface area contributed by atoms with Gasteiger partial charge in [-0.15, -0.1) is 0 Å². The summed E-state index contributed by atoms with van der Waals surface area (Å²) in [5, 5.41) is 0. The highest BCUT2D eigenvalue weighted by molar-refractivity contribution is 5.43. The molecule has 0 aromatic heterocycles. The fourth-order valence-electron chi connectivity index (χ4n) is 2.17. The Morgan fingerprint density at radius 2 is 1.71 bits per heavy atom. The van der Waals surface area contributed by atoms with E-state index in [1.807, 2.05) is 0 Å². The van der Waals surface area contributed by atoms with E-state index in [1.165, 1.54) is 22.3 Å². The Kier molecular flexibility index (Phi) is 2.15. The molecule has 0 atom stereocenters. The number of hydrogen-bond donors (Lipinski definition) is 0. The molecule has 0 bridgehead atoms. The minimum Gasteiger partial charge on any atom is -0.379 e. The average Bonchev–Trinajstić information content (AvgIpc) is 2.11. The van der Waals surface area contributed by atoms with Crippen LogP contribution in [0.1, 0.15) is 29.2 Å². The molecule has 0 amide bonds. The maximum atomic E-state index is 5.32. The molecule has 0 unspecified atom stereocenters. The van der Waals surface area contributed by atoms with E-state index in [0.29, 0.717) is 0 Å². The van der Waals surface area contributed by atoms with Crippen molar-refractivity contribution in [1.82, 2.24) is 0 Å². The SMILES string of the molecule is Cc1ccc(C2(C)COC2)c(C)c1C. The predicted octanol–water partition coefficient (Wildman–Crippen LogP) is 2.90. The third-order valence-corrected chi connectivity index (χ3v) is 3.55. The second-order valence-corrected chi connectivity index (χ2v) is 4.73. The molecule has 1 heterocycles. The highest BCUT2D eigenvalue weighted by Gasteiger charge is 2.36. The van der Waals surface area contributed by atoms with E-state index in [4.69, 9.17) is 4.74 Å². The van der Waals surface area contributed by atoms with Crippen molar-refractivity contribution in [3.63, 3.8) is 0 Å². The van der Waals surface area contributed by atoms with Crippen LogP contribution >= 0.6 is 0 Å². The molecule has 0 radical (unpaired) electrons. The van der Waals surface area contributed by atoms with Crippen molar-refractivity contribution < 1.29 is 4.74 Å². The molecular formula is C13H18O. The second kappa shape index (κ2) is 3.09. The summed E-state index contributed by atoms with van der Waals surface area (Å²) in [5.41, 5.74) is 5.98. The van der Waals surface area contributed by atoms with Crippen LogP contribution in [0, 0.1) is 20.8 Å². The van der Waals surface area contributed by atoms with Crippen LogP contribution in [0.5, 0.6) is 0 Å². The summed E-state index contributed by atoms with van der Waals surface area (Å²) in [6.07, 6.45) is 0. The van der Waals surface area contributed by atoms with Gasteiger partial charge in [-0.3, -0.25) is 0 Å². The van der Waals surface area contributed by atoms with E-state index >= 15 is 0 Å². The van der Waals surface area contributed by atoms with Crippen molar-refractivity contribution in [2.45, 2.75) is 33.1 Å². The quantitative estimate of drug-likeness (QED) is 0.661. The van der Waals surface area contributed by atoms with E-state index < -0.39 is 0 Å². The van der Waals surface area contributed by atoms with Gasteiger partial charge in [0, 0.05) is 5.41 Å². The van der Waals surface area contributed by atoms with Crippen LogP contribution in [0.4, 0.5) is 0 Å². The van der Waals surface area contributed by atoms with Gasteiger partial charge in [0.05, 0.1) is 13.2 Å². The lowest BCUT2D eigenvalue weighted by Gasteiger charge is -2.40. The minimum atomic E-state index is 0.266. The molecule has 1 aliphatic rings. The number of aryl methyl sites for hydroxylation is 1. The Labute approximate surface area is 86.1 Å². The summed E-state index contributed by atoms with van der Waals surface area (Å²) in [7, 11) is 0. The molecule has 0 aliphatic carbocycles. The molecule has 0 saturated carbocycles. The first kappa shape index (κ1) is 9.72. The molecule has 1 nitrogen and oxygen atoms in total. The molecule has 1 aromatic carbocycles. The first-order valence-corrected chi connectivity index (χ1v) is 5.20. The Morgan fingerprint density at radius 1 is 1.07 bits per heavy atom. The molecule has 76 valence electrons. The Hall–Kier alpha value is -0.820. The van der Waals surface area contributed by atoms with Crippen molar-refractivity contribution in [3.05, 3.63) is 34.4 Å². The number of rotatable bonds is 1. The Bertz CT molecular complexity index is 362. The molecule has 14 heavy (non-hydrogen) atoms. The molecular weight excluding hydrogens is 172 g/mol. The van der Waals surface area contributed by atoms with E-state index in [0.717, 1.165) is 13.2 Å². The van der Waals surface area contributed by atoms with Crippen molar-refractivity contribution in [2.24, 2.45) is 0 Å². The average molecular weight is 190 g/mol. The van der Waals surface area contributed by atoms with Gasteiger partial charge in [0.15, 0.2) is 0 Å². The van der Waals surface area contributed by atoms with Crippen LogP contribution in [-0.2, 0) is 10.2 Å². The topological polar surface area (TPSA) is 9.23 Å². The molecule has 1 aliphatic heterocycles.